The largest absolute Gasteiger partial charge is 0.321 e. The van der Waals surface area contributed by atoms with E-state index >= 15 is 0 Å². The van der Waals surface area contributed by atoms with Crippen LogP contribution in [0, 0.1) is 23.0 Å². The summed E-state index contributed by atoms with van der Waals surface area (Å²) in [5, 5.41) is 0. The van der Waals surface area contributed by atoms with Crippen molar-refractivity contribution in [2.75, 3.05) is 0 Å². The van der Waals surface area contributed by atoms with Gasteiger partial charge in [0.15, 0.2) is 0 Å². The molecule has 1 aromatic carbocycles. The van der Waals surface area contributed by atoms with Crippen molar-refractivity contribution in [3.8, 4) is 0 Å². The molecular formula is C15H21F2N. The molecule has 1 aliphatic rings. The second-order valence-electron chi connectivity index (χ2n) is 6.61. The molecule has 0 amide bonds. The summed E-state index contributed by atoms with van der Waals surface area (Å²) in [5.74, 6) is -0.678. The van der Waals surface area contributed by atoms with Crippen LogP contribution in [0.2, 0.25) is 0 Å². The van der Waals surface area contributed by atoms with Crippen LogP contribution in [0.5, 0.6) is 0 Å². The van der Waals surface area contributed by atoms with Gasteiger partial charge < -0.3 is 5.73 Å². The number of halogens is 2. The quantitative estimate of drug-likeness (QED) is 0.805. The van der Waals surface area contributed by atoms with E-state index in [1.165, 1.54) is 18.2 Å². The summed E-state index contributed by atoms with van der Waals surface area (Å²) in [6, 6.07) is 3.97. The molecule has 2 N–H and O–H groups in total. The van der Waals surface area contributed by atoms with Crippen molar-refractivity contribution >= 4 is 0 Å². The number of rotatable bonds is 1. The molecule has 100 valence electrons. The van der Waals surface area contributed by atoms with E-state index in [0.717, 1.165) is 6.42 Å². The average Bonchev–Trinajstić information content (AvgIpc) is 2.11. The van der Waals surface area contributed by atoms with Gasteiger partial charge in [0.1, 0.15) is 11.6 Å². The number of hydrogen-bond donors (Lipinski definition) is 1. The van der Waals surface area contributed by atoms with Gasteiger partial charge in [0.25, 0.3) is 0 Å². The van der Waals surface area contributed by atoms with Crippen LogP contribution >= 0.6 is 0 Å². The van der Waals surface area contributed by atoms with Crippen LogP contribution in [0.4, 0.5) is 8.78 Å². The topological polar surface area (TPSA) is 26.0 Å². The van der Waals surface area contributed by atoms with E-state index in [4.69, 9.17) is 5.73 Å². The Balaban J connectivity index is 2.47. The van der Waals surface area contributed by atoms with Crippen LogP contribution < -0.4 is 5.73 Å². The Morgan fingerprint density at radius 3 is 2.22 bits per heavy atom. The molecule has 0 radical (unpaired) electrons. The van der Waals surface area contributed by atoms with Crippen LogP contribution in [-0.4, -0.2) is 0 Å². The molecule has 1 fully saturated rings. The lowest BCUT2D eigenvalue weighted by Crippen LogP contribution is -2.47. The van der Waals surface area contributed by atoms with Crippen molar-refractivity contribution in [1.82, 2.24) is 0 Å². The minimum absolute atomic E-state index is 0.0150. The zero-order chi connectivity index (χ0) is 13.6. The summed E-state index contributed by atoms with van der Waals surface area (Å²) in [5.41, 5.74) is 5.55. The molecule has 0 heterocycles. The fourth-order valence-corrected chi connectivity index (χ4v) is 3.80. The first kappa shape index (κ1) is 13.5. The second kappa shape index (κ2) is 4.30. The molecule has 0 aliphatic heterocycles. The van der Waals surface area contributed by atoms with Crippen molar-refractivity contribution in [2.45, 2.75) is 45.6 Å². The Morgan fingerprint density at radius 1 is 1.17 bits per heavy atom. The Hall–Kier alpha value is -0.960. The number of nitrogens with two attached hydrogens (primary N) is 1. The summed E-state index contributed by atoms with van der Waals surface area (Å²) in [6.45, 7) is 6.33. The van der Waals surface area contributed by atoms with E-state index in [1.54, 1.807) is 0 Å². The van der Waals surface area contributed by atoms with E-state index < -0.39 is 17.2 Å². The Labute approximate surface area is 107 Å². The zero-order valence-electron chi connectivity index (χ0n) is 11.3. The summed E-state index contributed by atoms with van der Waals surface area (Å²) in [4.78, 5) is 0. The molecule has 0 spiro atoms. The molecule has 1 aliphatic carbocycles. The van der Waals surface area contributed by atoms with Crippen LogP contribution in [-0.2, 0) is 5.54 Å². The van der Waals surface area contributed by atoms with Gasteiger partial charge in [-0.25, -0.2) is 8.78 Å². The van der Waals surface area contributed by atoms with Crippen LogP contribution in [0.3, 0.4) is 0 Å². The summed E-state index contributed by atoms with van der Waals surface area (Å²) in [6.07, 6.45) is 2.29. The number of hydrogen-bond acceptors (Lipinski definition) is 1. The lowest BCUT2D eigenvalue weighted by molar-refractivity contribution is 0.102. The fraction of sp³-hybridized carbons (Fsp3) is 0.600. The van der Waals surface area contributed by atoms with E-state index in [9.17, 15) is 8.78 Å². The molecule has 2 rings (SSSR count). The van der Waals surface area contributed by atoms with E-state index in [2.05, 4.69) is 20.8 Å². The molecule has 1 saturated carbocycles. The lowest BCUT2D eigenvalue weighted by Gasteiger charge is -2.46. The predicted molar refractivity (Wildman–Crippen MR) is 69.0 cm³/mol. The first-order valence-corrected chi connectivity index (χ1v) is 6.47. The number of benzene rings is 1. The molecule has 3 heteroatoms. The monoisotopic (exact) mass is 253 g/mol. The molecule has 18 heavy (non-hydrogen) atoms. The van der Waals surface area contributed by atoms with Gasteiger partial charge >= 0.3 is 0 Å². The fourth-order valence-electron chi connectivity index (χ4n) is 3.80. The Kier molecular flexibility index (Phi) is 3.22. The molecule has 1 nitrogen and oxygen atoms in total. The van der Waals surface area contributed by atoms with E-state index in [-0.39, 0.29) is 11.0 Å². The third-order valence-electron chi connectivity index (χ3n) is 3.87. The highest BCUT2D eigenvalue weighted by molar-refractivity contribution is 5.29. The van der Waals surface area contributed by atoms with Crippen LogP contribution in [0.1, 0.15) is 45.6 Å². The first-order valence-electron chi connectivity index (χ1n) is 6.47. The maximum absolute atomic E-state index is 13.9. The molecular weight excluding hydrogens is 232 g/mol. The van der Waals surface area contributed by atoms with Gasteiger partial charge in [-0.05, 0) is 42.7 Å². The molecule has 0 saturated heterocycles. The van der Waals surface area contributed by atoms with Crippen molar-refractivity contribution in [3.63, 3.8) is 0 Å². The first-order chi connectivity index (χ1) is 8.23. The van der Waals surface area contributed by atoms with Crippen molar-refractivity contribution < 1.29 is 8.78 Å². The average molecular weight is 253 g/mol. The maximum Gasteiger partial charge on any atom is 0.131 e. The minimum Gasteiger partial charge on any atom is -0.321 e. The van der Waals surface area contributed by atoms with Gasteiger partial charge in [0.2, 0.25) is 0 Å². The minimum atomic E-state index is -0.892. The van der Waals surface area contributed by atoms with Crippen molar-refractivity contribution in [3.05, 3.63) is 35.4 Å². The van der Waals surface area contributed by atoms with Gasteiger partial charge in [-0.15, -0.1) is 0 Å². The van der Waals surface area contributed by atoms with Gasteiger partial charge in [0, 0.05) is 11.1 Å². The lowest BCUT2D eigenvalue weighted by atomic mass is 9.62. The highest BCUT2D eigenvalue weighted by Gasteiger charge is 2.43. The summed E-state index contributed by atoms with van der Waals surface area (Å²) >= 11 is 0. The van der Waals surface area contributed by atoms with Gasteiger partial charge in [-0.2, -0.15) is 0 Å². The third kappa shape index (κ3) is 2.41. The SMILES string of the molecule is CC1CC(C)(C)CC(N)(c2c(F)cccc2F)C1. The third-order valence-corrected chi connectivity index (χ3v) is 3.87. The van der Waals surface area contributed by atoms with E-state index in [1.807, 2.05) is 0 Å². The van der Waals surface area contributed by atoms with Gasteiger partial charge in [-0.3, -0.25) is 0 Å². The smallest absolute Gasteiger partial charge is 0.131 e. The molecule has 2 atom stereocenters. The standard InChI is InChI=1S/C15H21F2N/c1-10-7-14(2,3)9-15(18,8-10)13-11(16)5-4-6-12(13)17/h4-6,10H,7-9,18H2,1-3H3. The normalized spacial score (nSPS) is 31.3. The highest BCUT2D eigenvalue weighted by atomic mass is 19.1. The molecule has 0 aromatic heterocycles. The van der Waals surface area contributed by atoms with Gasteiger partial charge in [0.05, 0.1) is 0 Å². The molecule has 1 aromatic rings. The second-order valence-corrected chi connectivity index (χ2v) is 6.61. The predicted octanol–water partition coefficient (Wildman–Crippen LogP) is 3.97. The summed E-state index contributed by atoms with van der Waals surface area (Å²) < 4.78 is 27.9. The van der Waals surface area contributed by atoms with Gasteiger partial charge in [-0.1, -0.05) is 26.8 Å². The van der Waals surface area contributed by atoms with Crippen LogP contribution in [0.25, 0.3) is 0 Å². The highest BCUT2D eigenvalue weighted by Crippen LogP contribution is 2.48. The maximum atomic E-state index is 13.9. The Morgan fingerprint density at radius 2 is 1.72 bits per heavy atom. The van der Waals surface area contributed by atoms with Crippen molar-refractivity contribution in [2.24, 2.45) is 17.1 Å². The van der Waals surface area contributed by atoms with Crippen molar-refractivity contribution in [1.29, 1.82) is 0 Å². The Bertz CT molecular complexity index is 436. The molecule has 2 unspecified atom stereocenters. The van der Waals surface area contributed by atoms with Crippen LogP contribution in [0.15, 0.2) is 18.2 Å². The molecule has 0 bridgehead atoms. The van der Waals surface area contributed by atoms with E-state index in [0.29, 0.717) is 18.8 Å². The summed E-state index contributed by atoms with van der Waals surface area (Å²) in [7, 11) is 0. The zero-order valence-corrected chi connectivity index (χ0v) is 11.3.